The number of phenols is 1. The van der Waals surface area contributed by atoms with Gasteiger partial charge in [-0.2, -0.15) is 0 Å². The van der Waals surface area contributed by atoms with E-state index in [-0.39, 0.29) is 0 Å². The van der Waals surface area contributed by atoms with E-state index in [4.69, 9.17) is 0 Å². The molecule has 1 aromatic rings. The Morgan fingerprint density at radius 2 is 1.81 bits per heavy atom. The van der Waals surface area contributed by atoms with Gasteiger partial charge in [0.2, 0.25) is 0 Å². The molecular formula is C19H29NO. The molecule has 2 N–H and O–H groups in total. The lowest BCUT2D eigenvalue weighted by molar-refractivity contribution is 0.296. The predicted octanol–water partition coefficient (Wildman–Crippen LogP) is 4.72. The Morgan fingerprint density at radius 3 is 2.57 bits per heavy atom. The maximum absolute atomic E-state index is 9.80. The first-order valence-corrected chi connectivity index (χ1v) is 8.82. The van der Waals surface area contributed by atoms with Gasteiger partial charge in [-0.25, -0.2) is 0 Å². The molecule has 1 unspecified atom stereocenters. The molecule has 0 aromatic heterocycles. The first-order valence-electron chi connectivity index (χ1n) is 8.82. The molecule has 0 bridgehead atoms. The Bertz CT molecular complexity index is 463. The molecule has 0 radical (unpaired) electrons. The van der Waals surface area contributed by atoms with Crippen molar-refractivity contribution in [3.8, 4) is 5.75 Å². The molecule has 2 atom stereocenters. The van der Waals surface area contributed by atoms with E-state index in [0.29, 0.717) is 17.8 Å². The van der Waals surface area contributed by atoms with E-state index < -0.39 is 0 Å². The fourth-order valence-corrected chi connectivity index (χ4v) is 4.22. The van der Waals surface area contributed by atoms with E-state index in [0.717, 1.165) is 12.3 Å². The number of nitrogens with one attached hydrogen (secondary N) is 1. The van der Waals surface area contributed by atoms with Crippen LogP contribution in [0.1, 0.15) is 75.5 Å². The van der Waals surface area contributed by atoms with Crippen molar-refractivity contribution in [2.24, 2.45) is 5.92 Å². The van der Waals surface area contributed by atoms with E-state index in [1.165, 1.54) is 62.5 Å². The zero-order chi connectivity index (χ0) is 14.7. The lowest BCUT2D eigenvalue weighted by atomic mass is 9.85. The van der Waals surface area contributed by atoms with Crippen LogP contribution in [0.3, 0.4) is 0 Å². The Morgan fingerprint density at radius 1 is 1.05 bits per heavy atom. The van der Waals surface area contributed by atoms with Crippen molar-refractivity contribution in [1.29, 1.82) is 0 Å². The maximum Gasteiger partial charge on any atom is 0.115 e. The number of aromatic hydroxyl groups is 1. The number of fused-ring (bicyclic) bond motifs is 1. The molecule has 0 heterocycles. The number of benzene rings is 1. The van der Waals surface area contributed by atoms with E-state index >= 15 is 0 Å². The summed E-state index contributed by atoms with van der Waals surface area (Å²) in [7, 11) is 0. The highest BCUT2D eigenvalue weighted by Crippen LogP contribution is 2.34. The van der Waals surface area contributed by atoms with Gasteiger partial charge in [0, 0.05) is 12.1 Å². The lowest BCUT2D eigenvalue weighted by Gasteiger charge is -2.32. The van der Waals surface area contributed by atoms with Crippen LogP contribution in [-0.2, 0) is 6.42 Å². The van der Waals surface area contributed by atoms with Gasteiger partial charge in [-0.1, -0.05) is 31.7 Å². The van der Waals surface area contributed by atoms with Crippen molar-refractivity contribution in [2.75, 3.05) is 0 Å². The Hall–Kier alpha value is -1.02. The SMILES string of the molecule is C[C@@H](NC1CCCc2ccc(O)cc21)C1CCCCCC1. The Labute approximate surface area is 129 Å². The number of aryl methyl sites for hydroxylation is 1. The summed E-state index contributed by atoms with van der Waals surface area (Å²) in [5, 5.41) is 13.7. The van der Waals surface area contributed by atoms with Gasteiger partial charge in [0.25, 0.3) is 0 Å². The van der Waals surface area contributed by atoms with Crippen molar-refractivity contribution >= 4 is 0 Å². The maximum atomic E-state index is 9.80. The monoisotopic (exact) mass is 287 g/mol. The molecule has 0 aliphatic heterocycles. The fraction of sp³-hybridized carbons (Fsp3) is 0.684. The van der Waals surface area contributed by atoms with Crippen molar-refractivity contribution in [1.82, 2.24) is 5.32 Å². The van der Waals surface area contributed by atoms with Gasteiger partial charge < -0.3 is 10.4 Å². The summed E-state index contributed by atoms with van der Waals surface area (Å²) in [6, 6.07) is 6.93. The molecular weight excluding hydrogens is 258 g/mol. The van der Waals surface area contributed by atoms with Crippen LogP contribution in [0.15, 0.2) is 18.2 Å². The van der Waals surface area contributed by atoms with E-state index in [1.54, 1.807) is 0 Å². The molecule has 3 rings (SSSR count). The van der Waals surface area contributed by atoms with Gasteiger partial charge in [-0.3, -0.25) is 0 Å². The number of hydrogen-bond acceptors (Lipinski definition) is 2. The first-order chi connectivity index (χ1) is 10.2. The normalized spacial score (nSPS) is 25.1. The second kappa shape index (κ2) is 6.83. The minimum absolute atomic E-state index is 0.407. The fourth-order valence-electron chi connectivity index (χ4n) is 4.22. The molecule has 0 amide bonds. The second-order valence-corrected chi connectivity index (χ2v) is 7.03. The summed E-state index contributed by atoms with van der Waals surface area (Å²) in [4.78, 5) is 0. The van der Waals surface area contributed by atoms with E-state index in [2.05, 4.69) is 18.3 Å². The summed E-state index contributed by atoms with van der Waals surface area (Å²) >= 11 is 0. The third kappa shape index (κ3) is 3.60. The molecule has 0 saturated heterocycles. The Balaban J connectivity index is 1.69. The van der Waals surface area contributed by atoms with Gasteiger partial charge in [-0.15, -0.1) is 0 Å². The van der Waals surface area contributed by atoms with Crippen LogP contribution >= 0.6 is 0 Å². The molecule has 1 fully saturated rings. The lowest BCUT2D eigenvalue weighted by Crippen LogP contribution is -2.37. The van der Waals surface area contributed by atoms with Crippen LogP contribution in [0, 0.1) is 5.92 Å². The largest absolute Gasteiger partial charge is 0.508 e. The third-order valence-electron chi connectivity index (χ3n) is 5.51. The second-order valence-electron chi connectivity index (χ2n) is 7.03. The van der Waals surface area contributed by atoms with Gasteiger partial charge in [0.05, 0.1) is 0 Å². The van der Waals surface area contributed by atoms with Crippen LogP contribution in [0.5, 0.6) is 5.75 Å². The molecule has 1 aromatic carbocycles. The number of phenolic OH excluding ortho intramolecular Hbond substituents is 1. The standard InChI is InChI=1S/C19H29NO/c1-14(15-7-4-2-3-5-8-15)20-19-10-6-9-16-11-12-17(21)13-18(16)19/h11-15,19-21H,2-10H2,1H3/t14-,19?/m1/s1. The highest BCUT2D eigenvalue weighted by atomic mass is 16.3. The summed E-state index contributed by atoms with van der Waals surface area (Å²) in [5.74, 6) is 1.24. The Kier molecular flexibility index (Phi) is 4.84. The number of hydrogen-bond donors (Lipinski definition) is 2. The molecule has 2 nitrogen and oxygen atoms in total. The topological polar surface area (TPSA) is 32.3 Å². The molecule has 1 saturated carbocycles. The molecule has 2 aliphatic carbocycles. The molecule has 2 aliphatic rings. The number of rotatable bonds is 3. The van der Waals surface area contributed by atoms with Gasteiger partial charge in [-0.05, 0) is 68.2 Å². The van der Waals surface area contributed by atoms with Crippen molar-refractivity contribution in [3.63, 3.8) is 0 Å². The minimum Gasteiger partial charge on any atom is -0.508 e. The highest BCUT2D eigenvalue weighted by molar-refractivity contribution is 5.38. The van der Waals surface area contributed by atoms with Crippen LogP contribution in [-0.4, -0.2) is 11.1 Å². The highest BCUT2D eigenvalue weighted by Gasteiger charge is 2.25. The molecule has 21 heavy (non-hydrogen) atoms. The molecule has 116 valence electrons. The van der Waals surface area contributed by atoms with Crippen LogP contribution in [0.4, 0.5) is 0 Å². The van der Waals surface area contributed by atoms with Gasteiger partial charge in [0.15, 0.2) is 0 Å². The van der Waals surface area contributed by atoms with Crippen molar-refractivity contribution in [2.45, 2.75) is 76.8 Å². The predicted molar refractivity (Wildman–Crippen MR) is 87.6 cm³/mol. The van der Waals surface area contributed by atoms with Gasteiger partial charge >= 0.3 is 0 Å². The summed E-state index contributed by atoms with van der Waals surface area (Å²) < 4.78 is 0. The minimum atomic E-state index is 0.407. The van der Waals surface area contributed by atoms with Crippen LogP contribution in [0.2, 0.25) is 0 Å². The summed E-state index contributed by atoms with van der Waals surface area (Å²) in [6.07, 6.45) is 12.0. The van der Waals surface area contributed by atoms with Gasteiger partial charge in [0.1, 0.15) is 5.75 Å². The van der Waals surface area contributed by atoms with Crippen molar-refractivity contribution < 1.29 is 5.11 Å². The molecule has 0 spiro atoms. The summed E-state index contributed by atoms with van der Waals surface area (Å²) in [6.45, 7) is 2.37. The van der Waals surface area contributed by atoms with E-state index in [1.807, 2.05) is 12.1 Å². The zero-order valence-corrected chi connectivity index (χ0v) is 13.3. The third-order valence-corrected chi connectivity index (χ3v) is 5.51. The van der Waals surface area contributed by atoms with Crippen molar-refractivity contribution in [3.05, 3.63) is 29.3 Å². The smallest absolute Gasteiger partial charge is 0.115 e. The average Bonchev–Trinajstić information content (AvgIpc) is 2.77. The summed E-state index contributed by atoms with van der Waals surface area (Å²) in [5.41, 5.74) is 2.76. The average molecular weight is 287 g/mol. The zero-order valence-electron chi connectivity index (χ0n) is 13.3. The van der Waals surface area contributed by atoms with Crippen LogP contribution in [0.25, 0.3) is 0 Å². The molecule has 2 heteroatoms. The van der Waals surface area contributed by atoms with E-state index in [9.17, 15) is 5.11 Å². The quantitative estimate of drug-likeness (QED) is 0.789. The first kappa shape index (κ1) is 14.9. The van der Waals surface area contributed by atoms with Crippen LogP contribution < -0.4 is 5.32 Å².